The second-order valence-electron chi connectivity index (χ2n) is 8.55. The van der Waals surface area contributed by atoms with Crippen LogP contribution in [0.3, 0.4) is 0 Å². The first kappa shape index (κ1) is 21.2. The van der Waals surface area contributed by atoms with Gasteiger partial charge in [0.15, 0.2) is 0 Å². The molecule has 0 amide bonds. The molecule has 0 aliphatic rings. The zero-order valence-corrected chi connectivity index (χ0v) is 21.5. The second-order valence-corrected chi connectivity index (χ2v) is 14.4. The molecule has 0 nitrogen and oxygen atoms in total. The Hall–Kier alpha value is -1.52. The molecule has 0 saturated heterocycles. The van der Waals surface area contributed by atoms with Gasteiger partial charge in [0.2, 0.25) is 0 Å². The quantitative estimate of drug-likeness (QED) is 0.465. The van der Waals surface area contributed by atoms with Crippen molar-refractivity contribution in [2.24, 2.45) is 0 Å². The Balaban J connectivity index is 2.42. The summed E-state index contributed by atoms with van der Waals surface area (Å²) in [7, 11) is 0. The Kier molecular flexibility index (Phi) is 6.11. The summed E-state index contributed by atoms with van der Waals surface area (Å²) >= 11 is -2.19. The molecule has 0 aliphatic carbocycles. The molecule has 3 aromatic carbocycles. The number of hydrogen-bond acceptors (Lipinski definition) is 0. The molecule has 0 aliphatic heterocycles. The van der Waals surface area contributed by atoms with Crippen molar-refractivity contribution < 1.29 is 0 Å². The molecule has 0 N–H and O–H groups in total. The fraction of sp³-hybridized carbons (Fsp3) is 0.333. The topological polar surface area (TPSA) is 0 Å². The van der Waals surface area contributed by atoms with Crippen LogP contribution in [0.25, 0.3) is 0 Å². The summed E-state index contributed by atoms with van der Waals surface area (Å²) in [6, 6.07) is 14.4. The molecule has 1 heteroatoms. The van der Waals surface area contributed by atoms with E-state index in [0.717, 1.165) is 0 Å². The maximum absolute atomic E-state index is 2.50. The Bertz CT molecular complexity index is 953. The van der Waals surface area contributed by atoms with E-state index in [2.05, 4.69) is 98.7 Å². The molecule has 0 radical (unpaired) electrons. The average Bonchev–Trinajstić information content (AvgIpc) is 2.55. The molecule has 0 fully saturated rings. The molecule has 28 heavy (non-hydrogen) atoms. The van der Waals surface area contributed by atoms with Gasteiger partial charge in [-0.25, -0.2) is 0 Å². The van der Waals surface area contributed by atoms with Gasteiger partial charge in [0, 0.05) is 0 Å². The van der Waals surface area contributed by atoms with E-state index in [9.17, 15) is 0 Å². The summed E-state index contributed by atoms with van der Waals surface area (Å²) in [5.74, 6) is 0. The van der Waals surface area contributed by atoms with Gasteiger partial charge in [-0.3, -0.25) is 0 Å². The van der Waals surface area contributed by atoms with Gasteiger partial charge in [0.05, 0.1) is 0 Å². The van der Waals surface area contributed by atoms with Gasteiger partial charge in [-0.2, -0.15) is 0 Å². The van der Waals surface area contributed by atoms with Gasteiger partial charge in [-0.05, 0) is 0 Å². The molecule has 3 rings (SSSR count). The average molecular weight is 479 g/mol. The van der Waals surface area contributed by atoms with E-state index in [1.54, 1.807) is 10.5 Å². The van der Waals surface area contributed by atoms with Crippen molar-refractivity contribution in [2.45, 2.75) is 62.3 Å². The molecule has 0 atom stereocenters. The molecule has 0 unspecified atom stereocenters. The maximum atomic E-state index is 2.50. The van der Waals surface area contributed by atoms with Crippen molar-refractivity contribution in [3.05, 3.63) is 86.5 Å². The van der Waals surface area contributed by atoms with Crippen LogP contribution in [0, 0.1) is 62.3 Å². The van der Waals surface area contributed by atoms with E-state index in [1.165, 1.54) is 50.1 Å². The zero-order chi connectivity index (χ0) is 20.7. The molecule has 0 bridgehead atoms. The Morgan fingerprint density at radius 1 is 0.393 bits per heavy atom. The van der Waals surface area contributed by atoms with Gasteiger partial charge < -0.3 is 0 Å². The third-order valence-corrected chi connectivity index (χ3v) is 15.1. The first-order valence-corrected chi connectivity index (χ1v) is 14.0. The standard InChI is InChI=1S/3C9H11.Sb/c2*1-7-4-8(2)6-9(3)5-7;1-7-4-5-8(2)9(3)6-7;/h2*4-5H,1-3H3;5-6H,1-3H3;. The Morgan fingerprint density at radius 3 is 1.14 bits per heavy atom. The van der Waals surface area contributed by atoms with Crippen molar-refractivity contribution >= 4 is 30.7 Å². The number of hydrogen-bond donors (Lipinski definition) is 0. The Morgan fingerprint density at radius 2 is 0.750 bits per heavy atom. The molecule has 146 valence electrons. The van der Waals surface area contributed by atoms with Crippen LogP contribution in [0.5, 0.6) is 0 Å². The van der Waals surface area contributed by atoms with Crippen molar-refractivity contribution in [1.82, 2.24) is 0 Å². The fourth-order valence-corrected chi connectivity index (χ4v) is 13.5. The van der Waals surface area contributed by atoms with Gasteiger partial charge in [-0.1, -0.05) is 0 Å². The van der Waals surface area contributed by atoms with Crippen LogP contribution < -0.4 is 10.5 Å². The molecular weight excluding hydrogens is 446 g/mol. The van der Waals surface area contributed by atoms with E-state index in [4.69, 9.17) is 0 Å². The van der Waals surface area contributed by atoms with Crippen LogP contribution in [-0.4, -0.2) is 20.2 Å². The van der Waals surface area contributed by atoms with Crippen LogP contribution in [0.2, 0.25) is 0 Å². The van der Waals surface area contributed by atoms with Crippen molar-refractivity contribution in [1.29, 1.82) is 0 Å². The number of benzene rings is 3. The van der Waals surface area contributed by atoms with Crippen LogP contribution >= 0.6 is 0 Å². The minimum absolute atomic E-state index is 1.37. The van der Waals surface area contributed by atoms with E-state index in [0.29, 0.717) is 0 Å². The van der Waals surface area contributed by atoms with Gasteiger partial charge in [0.1, 0.15) is 0 Å². The summed E-state index contributed by atoms with van der Waals surface area (Å²) in [6.07, 6.45) is 0. The molecule has 3 aromatic rings. The molecule has 0 saturated carbocycles. The van der Waals surface area contributed by atoms with Crippen LogP contribution in [0.1, 0.15) is 50.1 Å². The van der Waals surface area contributed by atoms with Crippen LogP contribution in [0.15, 0.2) is 36.4 Å². The van der Waals surface area contributed by atoms with Crippen molar-refractivity contribution in [2.75, 3.05) is 0 Å². The van der Waals surface area contributed by atoms with Gasteiger partial charge >= 0.3 is 180 Å². The monoisotopic (exact) mass is 478 g/mol. The van der Waals surface area contributed by atoms with Crippen LogP contribution in [-0.2, 0) is 0 Å². The van der Waals surface area contributed by atoms with Gasteiger partial charge in [-0.15, -0.1) is 0 Å². The third kappa shape index (κ3) is 3.95. The molecular formula is C27H33Sb. The Labute approximate surface area is 179 Å². The second kappa shape index (κ2) is 8.08. The van der Waals surface area contributed by atoms with E-state index < -0.39 is 20.2 Å². The van der Waals surface area contributed by atoms with Crippen LogP contribution in [0.4, 0.5) is 0 Å². The third-order valence-electron chi connectivity index (χ3n) is 5.77. The number of rotatable bonds is 3. The summed E-state index contributed by atoms with van der Waals surface area (Å²) in [6.45, 7) is 20.5. The summed E-state index contributed by atoms with van der Waals surface area (Å²) < 4.78 is 4.92. The van der Waals surface area contributed by atoms with E-state index in [-0.39, 0.29) is 0 Å². The predicted octanol–water partition coefficient (Wildman–Crippen LogP) is 4.98. The minimum atomic E-state index is -2.19. The van der Waals surface area contributed by atoms with Crippen molar-refractivity contribution in [3.63, 3.8) is 0 Å². The normalized spacial score (nSPS) is 11.4. The molecule has 0 heterocycles. The summed E-state index contributed by atoms with van der Waals surface area (Å²) in [5.41, 5.74) is 12.9. The van der Waals surface area contributed by atoms with E-state index >= 15 is 0 Å². The predicted molar refractivity (Wildman–Crippen MR) is 127 cm³/mol. The van der Waals surface area contributed by atoms with Gasteiger partial charge in [0.25, 0.3) is 0 Å². The zero-order valence-electron chi connectivity index (χ0n) is 18.9. The molecule has 0 spiro atoms. The summed E-state index contributed by atoms with van der Waals surface area (Å²) in [5, 5.41) is 0. The SMILES string of the molecule is Cc1cc(C)[c]([Sb]([c]2cc(C)c(C)cc2C)[c]2c(C)cc(C)cc2C)c(C)c1. The van der Waals surface area contributed by atoms with E-state index in [1.807, 2.05) is 0 Å². The fourth-order valence-electron chi connectivity index (χ4n) is 4.59. The number of aryl methyl sites for hydroxylation is 9. The molecule has 0 aromatic heterocycles. The first-order valence-electron chi connectivity index (χ1n) is 10.1. The first-order chi connectivity index (χ1) is 13.1. The van der Waals surface area contributed by atoms with Crippen molar-refractivity contribution in [3.8, 4) is 0 Å². The summed E-state index contributed by atoms with van der Waals surface area (Å²) in [4.78, 5) is 0.